The second-order valence-electron chi connectivity index (χ2n) is 4.49. The lowest BCUT2D eigenvalue weighted by molar-refractivity contribution is 0.244. The first-order chi connectivity index (χ1) is 7.60. The molecule has 0 rings (SSSR count). The molecule has 1 unspecified atom stereocenters. The van der Waals surface area contributed by atoms with Gasteiger partial charge in [0, 0.05) is 13.2 Å². The maximum absolute atomic E-state index is 10.6. The third-order valence-corrected chi connectivity index (χ3v) is 2.84. The third kappa shape index (κ3) is 9.20. The predicted octanol–water partition coefficient (Wildman–Crippen LogP) is 1.87. The average Bonchev–Trinajstić information content (AvgIpc) is 2.24. The lowest BCUT2D eigenvalue weighted by atomic mass is 10.1. The van der Waals surface area contributed by atoms with Crippen LogP contribution in [0.25, 0.3) is 0 Å². The Labute approximate surface area is 101 Å². The molecule has 0 aromatic carbocycles. The van der Waals surface area contributed by atoms with Gasteiger partial charge in [0.05, 0.1) is 6.04 Å². The molecular formula is C11H25N2O2P. The molecule has 0 fully saturated rings. The van der Waals surface area contributed by atoms with Crippen LogP contribution in [0.2, 0.25) is 0 Å². The van der Waals surface area contributed by atoms with E-state index in [1.165, 1.54) is 0 Å². The highest BCUT2D eigenvalue weighted by molar-refractivity contribution is 7.17. The van der Waals surface area contributed by atoms with Crippen LogP contribution in [-0.2, 0) is 0 Å². The highest BCUT2D eigenvalue weighted by Gasteiger charge is 2.11. The van der Waals surface area contributed by atoms with E-state index in [-0.39, 0.29) is 12.6 Å². The van der Waals surface area contributed by atoms with Crippen LogP contribution < -0.4 is 0 Å². The predicted molar refractivity (Wildman–Crippen MR) is 71.8 cm³/mol. The maximum Gasteiger partial charge on any atom is 0.0926 e. The first-order valence-corrected chi connectivity index (χ1v) is 6.64. The smallest absolute Gasteiger partial charge is 0.0926 e. The van der Waals surface area contributed by atoms with Crippen LogP contribution in [-0.4, -0.2) is 48.5 Å². The molecule has 5 heteroatoms. The zero-order valence-corrected chi connectivity index (χ0v) is 11.6. The SMILES string of the molecule is C[C@@H](P)C[C@H](CCCN(C)CCCO)N=O. The molecule has 0 aliphatic rings. The van der Waals surface area contributed by atoms with Crippen molar-refractivity contribution < 1.29 is 5.11 Å². The largest absolute Gasteiger partial charge is 0.396 e. The molecule has 0 heterocycles. The summed E-state index contributed by atoms with van der Waals surface area (Å²) >= 11 is 0. The van der Waals surface area contributed by atoms with Crippen LogP contribution in [0.5, 0.6) is 0 Å². The fourth-order valence-electron chi connectivity index (χ4n) is 1.69. The highest BCUT2D eigenvalue weighted by Crippen LogP contribution is 2.14. The number of aliphatic hydroxyl groups excluding tert-OH is 1. The van der Waals surface area contributed by atoms with Gasteiger partial charge < -0.3 is 10.0 Å². The lowest BCUT2D eigenvalue weighted by Crippen LogP contribution is -2.22. The van der Waals surface area contributed by atoms with E-state index >= 15 is 0 Å². The van der Waals surface area contributed by atoms with Crippen LogP contribution in [0.15, 0.2) is 5.18 Å². The minimum Gasteiger partial charge on any atom is -0.396 e. The Morgan fingerprint density at radius 2 is 2.00 bits per heavy atom. The minimum atomic E-state index is -0.0428. The molecule has 16 heavy (non-hydrogen) atoms. The van der Waals surface area contributed by atoms with Gasteiger partial charge in [0.1, 0.15) is 0 Å². The Bertz CT molecular complexity index is 179. The van der Waals surface area contributed by atoms with E-state index in [0.717, 1.165) is 38.8 Å². The van der Waals surface area contributed by atoms with Crippen LogP contribution in [0.4, 0.5) is 0 Å². The monoisotopic (exact) mass is 248 g/mol. The van der Waals surface area contributed by atoms with Gasteiger partial charge in [0.15, 0.2) is 0 Å². The molecule has 0 amide bonds. The number of hydrogen-bond acceptors (Lipinski definition) is 4. The standard InChI is InChI=1S/C11H25N2O2P/c1-10(16)9-11(12-15)5-3-6-13(2)7-4-8-14/h10-11,14H,3-9,16H2,1-2H3/t10-,11+/m1/s1. The fraction of sp³-hybridized carbons (Fsp3) is 1.00. The van der Waals surface area contributed by atoms with E-state index < -0.39 is 0 Å². The Morgan fingerprint density at radius 3 is 2.50 bits per heavy atom. The second-order valence-corrected chi connectivity index (χ2v) is 5.63. The summed E-state index contributed by atoms with van der Waals surface area (Å²) in [7, 11) is 4.74. The van der Waals surface area contributed by atoms with Crippen molar-refractivity contribution in [3.8, 4) is 0 Å². The van der Waals surface area contributed by atoms with Gasteiger partial charge in [-0.3, -0.25) is 0 Å². The van der Waals surface area contributed by atoms with E-state index in [9.17, 15) is 4.91 Å². The van der Waals surface area contributed by atoms with Crippen molar-refractivity contribution in [1.29, 1.82) is 0 Å². The van der Waals surface area contributed by atoms with Crippen LogP contribution in [0.3, 0.4) is 0 Å². The van der Waals surface area contributed by atoms with E-state index in [2.05, 4.69) is 26.2 Å². The summed E-state index contributed by atoms with van der Waals surface area (Å²) in [6.45, 7) is 4.20. The summed E-state index contributed by atoms with van der Waals surface area (Å²) in [6.07, 6.45) is 3.53. The van der Waals surface area contributed by atoms with E-state index in [4.69, 9.17) is 5.11 Å². The molecule has 96 valence electrons. The van der Waals surface area contributed by atoms with Gasteiger partial charge in [-0.15, -0.1) is 9.24 Å². The maximum atomic E-state index is 10.6. The quantitative estimate of drug-likeness (QED) is 0.474. The molecule has 0 aliphatic carbocycles. The summed E-state index contributed by atoms with van der Waals surface area (Å²) in [5.41, 5.74) is 0.454. The summed E-state index contributed by atoms with van der Waals surface area (Å²) < 4.78 is 0. The molecule has 0 saturated carbocycles. The molecule has 3 atom stereocenters. The number of nitrogens with zero attached hydrogens (tertiary/aromatic N) is 2. The van der Waals surface area contributed by atoms with Gasteiger partial charge in [-0.1, -0.05) is 12.1 Å². The molecule has 0 saturated heterocycles. The number of rotatable bonds is 10. The Balaban J connectivity index is 3.57. The number of hydrogen-bond donors (Lipinski definition) is 1. The van der Waals surface area contributed by atoms with Gasteiger partial charge in [-0.2, -0.15) is 4.91 Å². The number of nitroso groups, excluding NO2 is 1. The van der Waals surface area contributed by atoms with Crippen LogP contribution in [0.1, 0.15) is 32.6 Å². The third-order valence-electron chi connectivity index (χ3n) is 2.57. The van der Waals surface area contributed by atoms with Crippen molar-refractivity contribution in [1.82, 2.24) is 4.90 Å². The first kappa shape index (κ1) is 16.0. The van der Waals surface area contributed by atoms with Crippen LogP contribution >= 0.6 is 9.24 Å². The fourth-order valence-corrected chi connectivity index (χ4v) is 2.01. The lowest BCUT2D eigenvalue weighted by Gasteiger charge is -2.17. The van der Waals surface area contributed by atoms with Crippen molar-refractivity contribution in [2.45, 2.75) is 44.3 Å². The van der Waals surface area contributed by atoms with Gasteiger partial charge >= 0.3 is 0 Å². The second kappa shape index (κ2) is 10.1. The summed E-state index contributed by atoms with van der Waals surface area (Å²) in [4.78, 5) is 12.8. The van der Waals surface area contributed by atoms with Gasteiger partial charge in [-0.25, -0.2) is 0 Å². The molecule has 0 spiro atoms. The summed E-state index contributed by atoms with van der Waals surface area (Å²) in [6, 6.07) is -0.0428. The zero-order chi connectivity index (χ0) is 12.4. The molecule has 0 radical (unpaired) electrons. The first-order valence-electron chi connectivity index (χ1n) is 5.97. The minimum absolute atomic E-state index is 0.0428. The molecule has 0 aromatic rings. The van der Waals surface area contributed by atoms with Gasteiger partial charge in [0.2, 0.25) is 0 Å². The van der Waals surface area contributed by atoms with Gasteiger partial charge in [-0.05, 0) is 44.9 Å². The topological polar surface area (TPSA) is 52.9 Å². The Morgan fingerprint density at radius 1 is 1.38 bits per heavy atom. The van der Waals surface area contributed by atoms with Crippen molar-refractivity contribution >= 4 is 9.24 Å². The van der Waals surface area contributed by atoms with E-state index in [1.54, 1.807) is 0 Å². The summed E-state index contributed by atoms with van der Waals surface area (Å²) in [5, 5.41) is 11.8. The van der Waals surface area contributed by atoms with Crippen molar-refractivity contribution in [2.75, 3.05) is 26.7 Å². The average molecular weight is 248 g/mol. The summed E-state index contributed by atoms with van der Waals surface area (Å²) in [5.74, 6) is 0. The molecule has 0 aromatic heterocycles. The van der Waals surface area contributed by atoms with Crippen molar-refractivity contribution in [2.24, 2.45) is 5.18 Å². The molecule has 0 aliphatic heterocycles. The van der Waals surface area contributed by atoms with Crippen molar-refractivity contribution in [3.05, 3.63) is 4.91 Å². The molecule has 4 nitrogen and oxygen atoms in total. The van der Waals surface area contributed by atoms with Crippen LogP contribution in [0, 0.1) is 4.91 Å². The normalized spacial score (nSPS) is 15.1. The zero-order valence-electron chi connectivity index (χ0n) is 10.4. The Hall–Kier alpha value is -0.0500. The molecule has 0 bridgehead atoms. The van der Waals surface area contributed by atoms with Crippen molar-refractivity contribution in [3.63, 3.8) is 0 Å². The molecular weight excluding hydrogens is 223 g/mol. The highest BCUT2D eigenvalue weighted by atomic mass is 31.0. The number of aliphatic hydroxyl groups is 1. The van der Waals surface area contributed by atoms with E-state index in [1.807, 2.05) is 7.05 Å². The van der Waals surface area contributed by atoms with E-state index in [0.29, 0.717) is 5.66 Å². The Kier molecular flexibility index (Phi) is 10.1. The van der Waals surface area contributed by atoms with Gasteiger partial charge in [0.25, 0.3) is 0 Å². The molecule has 1 N–H and O–H groups in total.